The second-order valence-corrected chi connectivity index (χ2v) is 11.6. The first kappa shape index (κ1) is 24.8. The van der Waals surface area contributed by atoms with E-state index in [9.17, 15) is 0 Å². The van der Waals surface area contributed by atoms with Crippen molar-refractivity contribution in [2.24, 2.45) is 15.9 Å². The largest absolute Gasteiger partial charge is 0.303 e. The van der Waals surface area contributed by atoms with Crippen molar-refractivity contribution in [2.75, 3.05) is 0 Å². The number of benzene rings is 2. The molecule has 196 valence electrons. The lowest BCUT2D eigenvalue weighted by molar-refractivity contribution is 0.761. The van der Waals surface area contributed by atoms with E-state index in [1.165, 1.54) is 49.0 Å². The summed E-state index contributed by atoms with van der Waals surface area (Å²) >= 11 is 1.82. The van der Waals surface area contributed by atoms with E-state index in [-0.39, 0.29) is 6.17 Å². The molecule has 0 fully saturated rings. The molecule has 0 saturated carbocycles. The highest BCUT2D eigenvalue weighted by Gasteiger charge is 2.30. The third-order valence-electron chi connectivity index (χ3n) is 7.76. The van der Waals surface area contributed by atoms with Crippen LogP contribution >= 0.6 is 11.8 Å². The lowest BCUT2D eigenvalue weighted by Crippen LogP contribution is -2.08. The molecule has 3 heterocycles. The molecule has 0 saturated heterocycles. The molecule has 3 aliphatic rings. The minimum atomic E-state index is -0.320. The zero-order valence-corrected chi connectivity index (χ0v) is 23.3. The number of fused-ring (bicyclic) bond motifs is 7. The summed E-state index contributed by atoms with van der Waals surface area (Å²) in [5, 5.41) is 0. The van der Waals surface area contributed by atoms with Gasteiger partial charge in [-0.2, -0.15) is 0 Å². The molecule has 7 rings (SSSR count). The molecular weight excluding hydrogens is 508 g/mol. The van der Waals surface area contributed by atoms with Gasteiger partial charge in [-0.15, -0.1) is 0 Å². The van der Waals surface area contributed by atoms with Crippen LogP contribution in [0.4, 0.5) is 0 Å². The fourth-order valence-corrected chi connectivity index (χ4v) is 6.81. The van der Waals surface area contributed by atoms with E-state index in [1.807, 2.05) is 36.6 Å². The zero-order chi connectivity index (χ0) is 26.9. The predicted octanol–water partition coefficient (Wildman–Crippen LogP) is 8.81. The van der Waals surface area contributed by atoms with Gasteiger partial charge in [-0.25, -0.2) is 4.99 Å². The molecular formula is C35H30N4S. The van der Waals surface area contributed by atoms with Crippen molar-refractivity contribution in [1.82, 2.24) is 9.55 Å². The van der Waals surface area contributed by atoms with E-state index < -0.39 is 0 Å². The molecule has 4 nitrogen and oxygen atoms in total. The van der Waals surface area contributed by atoms with Crippen LogP contribution in [-0.2, 0) is 6.42 Å². The summed E-state index contributed by atoms with van der Waals surface area (Å²) in [7, 11) is 0. The Balaban J connectivity index is 1.41. The summed E-state index contributed by atoms with van der Waals surface area (Å²) in [6.07, 6.45) is 21.6. The number of allylic oxidation sites excluding steroid dienone is 5. The van der Waals surface area contributed by atoms with Crippen LogP contribution in [0.1, 0.15) is 42.8 Å². The van der Waals surface area contributed by atoms with Crippen molar-refractivity contribution < 1.29 is 0 Å². The third-order valence-corrected chi connectivity index (χ3v) is 8.91. The predicted molar refractivity (Wildman–Crippen MR) is 167 cm³/mol. The Bertz CT molecular complexity index is 1720. The quantitative estimate of drug-likeness (QED) is 0.166. The molecule has 2 aromatic heterocycles. The van der Waals surface area contributed by atoms with Crippen LogP contribution in [-0.4, -0.2) is 22.1 Å². The van der Waals surface area contributed by atoms with Crippen molar-refractivity contribution in [2.45, 2.75) is 42.1 Å². The van der Waals surface area contributed by atoms with Crippen LogP contribution in [0.25, 0.3) is 28.5 Å². The van der Waals surface area contributed by atoms with Crippen LogP contribution in [0.3, 0.4) is 0 Å². The standard InChI is InChI=1S/C35H30N4S/c1-24-16-17-30-28(20-24)33-29-22-36-19-18-32(29)40-31-15-9-8-14-27(31)34(33)39(30)23-38-35(26-12-6-3-7-13-26)37-21-25-10-4-2-5-11-25/h2-10,12-15,18-23,25,35H,11,16-17H2,1H3. The summed E-state index contributed by atoms with van der Waals surface area (Å²) in [6.45, 7) is 2.24. The summed E-state index contributed by atoms with van der Waals surface area (Å²) in [5.74, 6) is 0.294. The maximum absolute atomic E-state index is 5.17. The second-order valence-electron chi connectivity index (χ2n) is 10.5. The van der Waals surface area contributed by atoms with E-state index in [0.717, 1.165) is 24.8 Å². The number of pyridine rings is 1. The molecule has 2 atom stereocenters. The van der Waals surface area contributed by atoms with Gasteiger partial charge < -0.3 is 4.57 Å². The number of hydrogen-bond donors (Lipinski definition) is 0. The molecule has 40 heavy (non-hydrogen) atoms. The Labute approximate surface area is 239 Å². The molecule has 0 radical (unpaired) electrons. The van der Waals surface area contributed by atoms with Crippen LogP contribution in [0, 0.1) is 5.92 Å². The zero-order valence-electron chi connectivity index (χ0n) is 22.4. The van der Waals surface area contributed by atoms with Crippen LogP contribution in [0.5, 0.6) is 0 Å². The third kappa shape index (κ3) is 4.61. The summed E-state index contributed by atoms with van der Waals surface area (Å²) in [6, 6.07) is 21.2. The Morgan fingerprint density at radius 1 is 0.950 bits per heavy atom. The summed E-state index contributed by atoms with van der Waals surface area (Å²) in [5.41, 5.74) is 9.92. The molecule has 0 bridgehead atoms. The highest BCUT2D eigenvalue weighted by molar-refractivity contribution is 7.99. The fraction of sp³-hybridized carbons (Fsp3) is 0.171. The maximum Gasteiger partial charge on any atom is 0.166 e. The molecule has 0 amide bonds. The maximum atomic E-state index is 5.17. The molecule has 0 spiro atoms. The molecule has 4 aromatic rings. The minimum Gasteiger partial charge on any atom is -0.303 e. The molecule has 2 aromatic carbocycles. The smallest absolute Gasteiger partial charge is 0.166 e. The highest BCUT2D eigenvalue weighted by Crippen LogP contribution is 2.51. The van der Waals surface area contributed by atoms with Crippen LogP contribution in [0.15, 0.2) is 123 Å². The van der Waals surface area contributed by atoms with Gasteiger partial charge in [0.25, 0.3) is 0 Å². The van der Waals surface area contributed by atoms with Crippen molar-refractivity contribution in [3.8, 4) is 22.4 Å². The Kier molecular flexibility index (Phi) is 6.66. The number of rotatable bonds is 5. The first-order valence-electron chi connectivity index (χ1n) is 13.9. The van der Waals surface area contributed by atoms with E-state index >= 15 is 0 Å². The minimum absolute atomic E-state index is 0.294. The van der Waals surface area contributed by atoms with Crippen LogP contribution < -0.4 is 0 Å². The van der Waals surface area contributed by atoms with Gasteiger partial charge in [-0.1, -0.05) is 96.2 Å². The molecule has 2 unspecified atom stereocenters. The van der Waals surface area contributed by atoms with Crippen molar-refractivity contribution in [1.29, 1.82) is 0 Å². The lowest BCUT2D eigenvalue weighted by Gasteiger charge is -2.16. The number of aliphatic imine (C=N–C) groups is 2. The number of hydrogen-bond acceptors (Lipinski definition) is 4. The topological polar surface area (TPSA) is 42.5 Å². The van der Waals surface area contributed by atoms with E-state index in [2.05, 4.69) is 108 Å². The average molecular weight is 539 g/mol. The Morgan fingerprint density at radius 2 is 1.80 bits per heavy atom. The molecule has 0 N–H and O–H groups in total. The van der Waals surface area contributed by atoms with E-state index in [0.29, 0.717) is 5.92 Å². The highest BCUT2D eigenvalue weighted by atomic mass is 32.2. The van der Waals surface area contributed by atoms with Gasteiger partial charge in [0.15, 0.2) is 6.17 Å². The van der Waals surface area contributed by atoms with E-state index in [4.69, 9.17) is 9.98 Å². The van der Waals surface area contributed by atoms with Crippen LogP contribution in [0.2, 0.25) is 0 Å². The van der Waals surface area contributed by atoms with Crippen molar-refractivity contribution >= 4 is 30.4 Å². The molecule has 5 heteroatoms. The second kappa shape index (κ2) is 10.7. The van der Waals surface area contributed by atoms with Gasteiger partial charge in [0.1, 0.15) is 0 Å². The van der Waals surface area contributed by atoms with Gasteiger partial charge in [0, 0.05) is 62.3 Å². The Hall–Kier alpha value is -4.22. The monoisotopic (exact) mass is 538 g/mol. The normalized spacial score (nSPS) is 18.1. The SMILES string of the molecule is CC1=Cc2c3c(n(C=NC(N=CC4C=CC=CC4)c4ccccc4)c2CC1)-c1ccccc1Sc1ccncc1-3. The lowest BCUT2D eigenvalue weighted by atomic mass is 9.92. The fourth-order valence-electron chi connectivity index (χ4n) is 5.76. The summed E-state index contributed by atoms with van der Waals surface area (Å²) in [4.78, 5) is 17.2. The Morgan fingerprint density at radius 3 is 2.67 bits per heavy atom. The summed E-state index contributed by atoms with van der Waals surface area (Å²) < 4.78 is 2.34. The van der Waals surface area contributed by atoms with Gasteiger partial charge in [0.2, 0.25) is 0 Å². The van der Waals surface area contributed by atoms with Gasteiger partial charge in [-0.05, 0) is 43.9 Å². The number of nitrogens with zero attached hydrogens (tertiary/aromatic N) is 4. The van der Waals surface area contributed by atoms with Gasteiger partial charge in [0.05, 0.1) is 12.0 Å². The van der Waals surface area contributed by atoms with Gasteiger partial charge in [-0.3, -0.25) is 9.98 Å². The van der Waals surface area contributed by atoms with Crippen molar-refractivity contribution in [3.63, 3.8) is 0 Å². The number of aromatic nitrogens is 2. The first-order chi connectivity index (χ1) is 19.8. The van der Waals surface area contributed by atoms with E-state index in [1.54, 1.807) is 0 Å². The van der Waals surface area contributed by atoms with Gasteiger partial charge >= 0.3 is 0 Å². The average Bonchev–Trinajstić information content (AvgIpc) is 3.22. The van der Waals surface area contributed by atoms with Crippen molar-refractivity contribution in [3.05, 3.63) is 120 Å². The molecule has 2 aliphatic carbocycles. The first-order valence-corrected chi connectivity index (χ1v) is 14.7. The molecule has 1 aliphatic heterocycles.